The lowest BCUT2D eigenvalue weighted by molar-refractivity contribution is 0.476. The van der Waals surface area contributed by atoms with Gasteiger partial charge >= 0.3 is 0 Å². The fraction of sp³-hybridized carbons (Fsp3) is 0.455. The molecular formula is C11H14F2N2O2S. The van der Waals surface area contributed by atoms with Gasteiger partial charge in [-0.15, -0.1) is 0 Å². The number of nitrogens with one attached hydrogen (secondary N) is 1. The van der Waals surface area contributed by atoms with E-state index in [-0.39, 0.29) is 12.5 Å². The largest absolute Gasteiger partial charge is 0.329 e. The topological polar surface area (TPSA) is 72.2 Å². The van der Waals surface area contributed by atoms with Crippen LogP contribution in [0.15, 0.2) is 23.1 Å². The van der Waals surface area contributed by atoms with E-state index >= 15 is 0 Å². The van der Waals surface area contributed by atoms with Gasteiger partial charge in [0.2, 0.25) is 10.0 Å². The van der Waals surface area contributed by atoms with Crippen LogP contribution in [0.1, 0.15) is 12.8 Å². The van der Waals surface area contributed by atoms with Gasteiger partial charge in [-0.05, 0) is 30.9 Å². The molecule has 1 aliphatic rings. The average molecular weight is 276 g/mol. The Hall–Kier alpha value is -1.05. The third-order valence-electron chi connectivity index (χ3n) is 2.96. The maximum absolute atomic E-state index is 13.4. The van der Waals surface area contributed by atoms with E-state index in [1.807, 2.05) is 0 Å². The molecule has 1 aromatic rings. The van der Waals surface area contributed by atoms with Crippen LogP contribution in [0.5, 0.6) is 0 Å². The molecule has 1 fully saturated rings. The number of sulfonamides is 1. The highest BCUT2D eigenvalue weighted by atomic mass is 32.2. The summed E-state index contributed by atoms with van der Waals surface area (Å²) >= 11 is 0. The Kier molecular flexibility index (Phi) is 3.65. The molecule has 0 heterocycles. The van der Waals surface area contributed by atoms with E-state index in [9.17, 15) is 17.2 Å². The monoisotopic (exact) mass is 276 g/mol. The smallest absolute Gasteiger partial charge is 0.243 e. The van der Waals surface area contributed by atoms with Crippen molar-refractivity contribution < 1.29 is 17.2 Å². The SMILES string of the molecule is NCC(NS(=O)(=O)c1cccc(F)c1F)C1CC1. The highest BCUT2D eigenvalue weighted by molar-refractivity contribution is 7.89. The number of hydrogen-bond donors (Lipinski definition) is 2. The fourth-order valence-corrected chi connectivity index (χ4v) is 3.20. The van der Waals surface area contributed by atoms with Gasteiger partial charge in [0.15, 0.2) is 11.6 Å². The predicted octanol–water partition coefficient (Wildman–Crippen LogP) is 0.980. The second-order valence-corrected chi connectivity index (χ2v) is 6.04. The zero-order valence-electron chi connectivity index (χ0n) is 9.57. The first-order valence-corrected chi connectivity index (χ1v) is 7.10. The van der Waals surface area contributed by atoms with E-state index in [0.29, 0.717) is 0 Å². The number of benzene rings is 1. The van der Waals surface area contributed by atoms with Crippen molar-refractivity contribution in [3.8, 4) is 0 Å². The summed E-state index contributed by atoms with van der Waals surface area (Å²) in [4.78, 5) is -0.679. The molecule has 0 bridgehead atoms. The summed E-state index contributed by atoms with van der Waals surface area (Å²) in [5.41, 5.74) is 5.47. The van der Waals surface area contributed by atoms with Crippen LogP contribution in [0.3, 0.4) is 0 Å². The number of hydrogen-bond acceptors (Lipinski definition) is 3. The molecule has 100 valence electrons. The molecule has 0 saturated heterocycles. The molecule has 1 atom stereocenters. The standard InChI is InChI=1S/C11H14F2N2O2S/c12-8-2-1-3-10(11(8)13)18(16,17)15-9(6-14)7-4-5-7/h1-3,7,9,15H,4-6,14H2. The Morgan fingerprint density at radius 2 is 2.06 bits per heavy atom. The minimum atomic E-state index is -4.07. The Balaban J connectivity index is 2.27. The van der Waals surface area contributed by atoms with E-state index in [1.165, 1.54) is 0 Å². The van der Waals surface area contributed by atoms with Crippen LogP contribution in [-0.4, -0.2) is 21.0 Å². The van der Waals surface area contributed by atoms with Crippen LogP contribution in [0.25, 0.3) is 0 Å². The van der Waals surface area contributed by atoms with Gasteiger partial charge in [0.1, 0.15) is 4.90 Å². The molecule has 0 aliphatic heterocycles. The van der Waals surface area contributed by atoms with E-state index in [4.69, 9.17) is 5.73 Å². The first-order chi connectivity index (χ1) is 8.45. The fourth-order valence-electron chi connectivity index (χ4n) is 1.79. The Bertz CT molecular complexity index is 544. The molecule has 0 spiro atoms. The molecule has 2 rings (SSSR count). The van der Waals surface area contributed by atoms with Crippen LogP contribution >= 0.6 is 0 Å². The maximum Gasteiger partial charge on any atom is 0.243 e. The summed E-state index contributed by atoms with van der Waals surface area (Å²) in [7, 11) is -4.07. The molecule has 4 nitrogen and oxygen atoms in total. The molecule has 0 amide bonds. The lowest BCUT2D eigenvalue weighted by atomic mass is 10.2. The van der Waals surface area contributed by atoms with Crippen molar-refractivity contribution in [1.82, 2.24) is 4.72 Å². The molecule has 1 unspecified atom stereocenters. The van der Waals surface area contributed by atoms with Crippen LogP contribution in [0, 0.1) is 17.6 Å². The summed E-state index contributed by atoms with van der Waals surface area (Å²) in [5.74, 6) is -2.36. The van der Waals surface area contributed by atoms with E-state index in [2.05, 4.69) is 4.72 Å². The molecule has 1 aromatic carbocycles. The summed E-state index contributed by atoms with van der Waals surface area (Å²) in [6.45, 7) is 0.140. The van der Waals surface area contributed by atoms with Gasteiger partial charge in [-0.3, -0.25) is 0 Å². The van der Waals surface area contributed by atoms with E-state index in [1.54, 1.807) is 0 Å². The Morgan fingerprint density at radius 3 is 2.61 bits per heavy atom. The predicted molar refractivity (Wildman–Crippen MR) is 62.2 cm³/mol. The van der Waals surface area contributed by atoms with Crippen LogP contribution < -0.4 is 10.5 Å². The van der Waals surface area contributed by atoms with Gasteiger partial charge in [-0.1, -0.05) is 6.07 Å². The summed E-state index contributed by atoms with van der Waals surface area (Å²) in [6.07, 6.45) is 1.80. The average Bonchev–Trinajstić information content (AvgIpc) is 3.13. The normalized spacial score (nSPS) is 17.7. The molecular weight excluding hydrogens is 262 g/mol. The Morgan fingerprint density at radius 1 is 1.39 bits per heavy atom. The minimum absolute atomic E-state index is 0.140. The third kappa shape index (κ3) is 2.68. The van der Waals surface area contributed by atoms with Crippen LogP contribution in [0.4, 0.5) is 8.78 Å². The first-order valence-electron chi connectivity index (χ1n) is 5.62. The minimum Gasteiger partial charge on any atom is -0.329 e. The zero-order valence-corrected chi connectivity index (χ0v) is 10.4. The molecule has 0 aromatic heterocycles. The van der Waals surface area contributed by atoms with Gasteiger partial charge in [-0.25, -0.2) is 21.9 Å². The summed E-state index contributed by atoms with van der Waals surface area (Å²) in [6, 6.07) is 2.64. The molecule has 18 heavy (non-hydrogen) atoms. The quantitative estimate of drug-likeness (QED) is 0.842. The van der Waals surface area contributed by atoms with Gasteiger partial charge < -0.3 is 5.73 Å². The first kappa shape index (κ1) is 13.4. The van der Waals surface area contributed by atoms with Gasteiger partial charge in [0, 0.05) is 12.6 Å². The van der Waals surface area contributed by atoms with Crippen molar-refractivity contribution >= 4 is 10.0 Å². The number of halogens is 2. The number of rotatable bonds is 5. The molecule has 0 radical (unpaired) electrons. The van der Waals surface area contributed by atoms with Crippen LogP contribution in [-0.2, 0) is 10.0 Å². The Labute approximate surface area is 104 Å². The van der Waals surface area contributed by atoms with Crippen molar-refractivity contribution in [2.45, 2.75) is 23.8 Å². The highest BCUT2D eigenvalue weighted by Crippen LogP contribution is 2.33. The summed E-state index contributed by atoms with van der Waals surface area (Å²) in [5, 5.41) is 0. The van der Waals surface area contributed by atoms with Crippen molar-refractivity contribution in [1.29, 1.82) is 0 Å². The van der Waals surface area contributed by atoms with Gasteiger partial charge in [0.05, 0.1) is 0 Å². The molecule has 1 saturated carbocycles. The second-order valence-electron chi connectivity index (χ2n) is 4.35. The van der Waals surface area contributed by atoms with Gasteiger partial charge in [-0.2, -0.15) is 0 Å². The third-order valence-corrected chi connectivity index (χ3v) is 4.46. The molecule has 3 N–H and O–H groups in total. The lowest BCUT2D eigenvalue weighted by Gasteiger charge is -2.16. The van der Waals surface area contributed by atoms with Crippen molar-refractivity contribution in [3.05, 3.63) is 29.8 Å². The summed E-state index contributed by atoms with van der Waals surface area (Å²) < 4.78 is 52.6. The zero-order chi connectivity index (χ0) is 13.3. The van der Waals surface area contributed by atoms with Crippen molar-refractivity contribution in [3.63, 3.8) is 0 Å². The van der Waals surface area contributed by atoms with E-state index in [0.717, 1.165) is 31.0 Å². The second kappa shape index (κ2) is 4.91. The maximum atomic E-state index is 13.4. The lowest BCUT2D eigenvalue weighted by Crippen LogP contribution is -2.41. The molecule has 7 heteroatoms. The van der Waals surface area contributed by atoms with Crippen molar-refractivity contribution in [2.24, 2.45) is 11.7 Å². The van der Waals surface area contributed by atoms with E-state index < -0.39 is 32.6 Å². The van der Waals surface area contributed by atoms with Gasteiger partial charge in [0.25, 0.3) is 0 Å². The highest BCUT2D eigenvalue weighted by Gasteiger charge is 2.34. The van der Waals surface area contributed by atoms with Crippen molar-refractivity contribution in [2.75, 3.05) is 6.54 Å². The van der Waals surface area contributed by atoms with Crippen LogP contribution in [0.2, 0.25) is 0 Å². The number of nitrogens with two attached hydrogens (primary N) is 1. The molecule has 1 aliphatic carbocycles.